The molecule has 2 fully saturated rings. The van der Waals surface area contributed by atoms with Crippen molar-refractivity contribution >= 4 is 5.91 Å². The van der Waals surface area contributed by atoms with E-state index in [1.807, 2.05) is 6.07 Å². The van der Waals surface area contributed by atoms with Gasteiger partial charge in [0.15, 0.2) is 5.82 Å². The maximum Gasteiger partial charge on any atom is 0.267 e. The molecule has 1 aromatic heterocycles. The highest BCUT2D eigenvalue weighted by atomic mass is 19.3. The summed E-state index contributed by atoms with van der Waals surface area (Å²) in [6.07, 6.45) is 1.39. The van der Waals surface area contributed by atoms with E-state index in [0.717, 1.165) is 17.7 Å². The van der Waals surface area contributed by atoms with E-state index in [1.54, 1.807) is 0 Å². The Hall–Kier alpha value is -2.82. The van der Waals surface area contributed by atoms with E-state index in [4.69, 9.17) is 9.78 Å². The minimum Gasteiger partial charge on any atom is -0.337 e. The smallest absolute Gasteiger partial charge is 0.267 e. The van der Waals surface area contributed by atoms with Crippen LogP contribution in [0.4, 0.5) is 8.78 Å². The largest absolute Gasteiger partial charge is 0.337 e. The predicted molar refractivity (Wildman–Crippen MR) is 80.8 cm³/mol. The number of benzene rings is 1. The van der Waals surface area contributed by atoms with E-state index in [0.29, 0.717) is 11.4 Å². The van der Waals surface area contributed by atoms with Gasteiger partial charge in [-0.1, -0.05) is 5.16 Å². The monoisotopic (exact) mass is 344 g/mol. The lowest BCUT2D eigenvalue weighted by atomic mass is 10.1. The zero-order chi connectivity index (χ0) is 17.6. The fourth-order valence-corrected chi connectivity index (χ4v) is 2.99. The third-order valence-electron chi connectivity index (χ3n) is 4.48. The number of nitrogens with zero attached hydrogens (tertiary/aromatic N) is 4. The third kappa shape index (κ3) is 2.97. The number of carbonyl (C=O) groups excluding carboxylic acids is 1. The Labute approximate surface area is 142 Å². The molecule has 2 aromatic rings. The molecule has 6 nitrogen and oxygen atoms in total. The van der Waals surface area contributed by atoms with Crippen molar-refractivity contribution in [2.45, 2.75) is 37.1 Å². The third-order valence-corrected chi connectivity index (χ3v) is 4.48. The van der Waals surface area contributed by atoms with Crippen LogP contribution in [-0.2, 0) is 0 Å². The molecule has 1 amide bonds. The fraction of sp³-hybridized carbons (Fsp3) is 0.412. The van der Waals surface area contributed by atoms with Crippen LogP contribution in [0.2, 0.25) is 0 Å². The number of amides is 1. The van der Waals surface area contributed by atoms with Crippen LogP contribution in [-0.4, -0.2) is 33.4 Å². The van der Waals surface area contributed by atoms with Crippen LogP contribution < -0.4 is 0 Å². The van der Waals surface area contributed by atoms with E-state index in [9.17, 15) is 13.6 Å². The van der Waals surface area contributed by atoms with Gasteiger partial charge in [0, 0.05) is 17.9 Å². The highest BCUT2D eigenvalue weighted by molar-refractivity contribution is 5.94. The molecule has 1 atom stereocenters. The van der Waals surface area contributed by atoms with Crippen LogP contribution in [0.15, 0.2) is 28.8 Å². The normalized spacial score (nSPS) is 22.0. The first-order valence-corrected chi connectivity index (χ1v) is 7.99. The van der Waals surface area contributed by atoms with Gasteiger partial charge in [0.2, 0.25) is 5.89 Å². The Morgan fingerprint density at radius 3 is 2.68 bits per heavy atom. The van der Waals surface area contributed by atoms with Gasteiger partial charge < -0.3 is 9.42 Å². The molecule has 2 heterocycles. The van der Waals surface area contributed by atoms with Gasteiger partial charge in [-0.05, 0) is 37.1 Å². The maximum atomic E-state index is 14.0. The van der Waals surface area contributed by atoms with Crippen molar-refractivity contribution in [2.75, 3.05) is 6.54 Å². The minimum atomic E-state index is -3.01. The topological polar surface area (TPSA) is 83.0 Å². The first-order valence-electron chi connectivity index (χ1n) is 7.99. The van der Waals surface area contributed by atoms with Crippen LogP contribution in [0.3, 0.4) is 0 Å². The van der Waals surface area contributed by atoms with Gasteiger partial charge in [-0.15, -0.1) is 0 Å². The summed E-state index contributed by atoms with van der Waals surface area (Å²) in [7, 11) is 0. The summed E-state index contributed by atoms with van der Waals surface area (Å²) < 4.78 is 33.1. The second-order valence-corrected chi connectivity index (χ2v) is 6.46. The molecule has 1 aliphatic carbocycles. The number of aromatic nitrogens is 2. The number of hydrogen-bond acceptors (Lipinski definition) is 5. The van der Waals surface area contributed by atoms with Crippen molar-refractivity contribution in [3.63, 3.8) is 0 Å². The van der Waals surface area contributed by atoms with Crippen molar-refractivity contribution < 1.29 is 18.1 Å². The Bertz CT molecular complexity index is 852. The fourth-order valence-electron chi connectivity index (χ4n) is 2.99. The van der Waals surface area contributed by atoms with Gasteiger partial charge in [-0.2, -0.15) is 10.2 Å². The van der Waals surface area contributed by atoms with Crippen LogP contribution >= 0.6 is 0 Å². The molecule has 25 heavy (non-hydrogen) atoms. The predicted octanol–water partition coefficient (Wildman–Crippen LogP) is 3.04. The SMILES string of the molecule is N#Cc1ccc(C(=O)N2CC(F)(F)C[C@H]2c2nc(C3CC3)no2)cc1. The van der Waals surface area contributed by atoms with Crippen LogP contribution in [0, 0.1) is 11.3 Å². The molecule has 0 spiro atoms. The van der Waals surface area contributed by atoms with E-state index < -0.39 is 30.8 Å². The standard InChI is InChI=1S/C17H14F2N4O2/c18-17(19)7-13(15-21-14(22-25-15)11-5-6-11)23(9-17)16(24)12-3-1-10(8-20)2-4-12/h1-4,11,13H,5-7,9H2/t13-/m0/s1. The molecule has 0 N–H and O–H groups in total. The Balaban J connectivity index is 1.62. The summed E-state index contributed by atoms with van der Waals surface area (Å²) >= 11 is 0. The molecule has 128 valence electrons. The maximum absolute atomic E-state index is 14.0. The summed E-state index contributed by atoms with van der Waals surface area (Å²) in [5, 5.41) is 12.7. The Morgan fingerprint density at radius 2 is 2.04 bits per heavy atom. The van der Waals surface area contributed by atoms with Crippen LogP contribution in [0.1, 0.15) is 58.9 Å². The number of carbonyl (C=O) groups is 1. The number of hydrogen-bond donors (Lipinski definition) is 0. The second-order valence-electron chi connectivity index (χ2n) is 6.46. The first kappa shape index (κ1) is 15.7. The summed E-state index contributed by atoms with van der Waals surface area (Å²) in [4.78, 5) is 18.0. The Kier molecular flexibility index (Phi) is 3.53. The Morgan fingerprint density at radius 1 is 1.32 bits per heavy atom. The van der Waals surface area contributed by atoms with E-state index >= 15 is 0 Å². The summed E-state index contributed by atoms with van der Waals surface area (Å²) in [6.45, 7) is -0.697. The molecule has 1 saturated carbocycles. The molecule has 0 radical (unpaired) electrons. The van der Waals surface area contributed by atoms with E-state index in [2.05, 4.69) is 10.1 Å². The number of alkyl halides is 2. The lowest BCUT2D eigenvalue weighted by Gasteiger charge is -2.21. The van der Waals surface area contributed by atoms with Crippen molar-refractivity contribution in [3.8, 4) is 6.07 Å². The molecule has 8 heteroatoms. The highest BCUT2D eigenvalue weighted by Gasteiger charge is 2.50. The molecular weight excluding hydrogens is 330 g/mol. The van der Waals surface area contributed by atoms with Crippen molar-refractivity contribution in [1.29, 1.82) is 5.26 Å². The average molecular weight is 344 g/mol. The molecule has 4 rings (SSSR count). The number of rotatable bonds is 3. The number of halogens is 2. The zero-order valence-electron chi connectivity index (χ0n) is 13.2. The molecule has 0 bridgehead atoms. The molecule has 1 aromatic carbocycles. The quantitative estimate of drug-likeness (QED) is 0.854. The van der Waals surface area contributed by atoms with Gasteiger partial charge in [-0.25, -0.2) is 8.78 Å². The zero-order valence-corrected chi connectivity index (χ0v) is 13.2. The lowest BCUT2D eigenvalue weighted by molar-refractivity contribution is 0.0117. The van der Waals surface area contributed by atoms with Gasteiger partial charge in [0.25, 0.3) is 11.8 Å². The van der Waals surface area contributed by atoms with Gasteiger partial charge >= 0.3 is 0 Å². The van der Waals surface area contributed by atoms with E-state index in [-0.39, 0.29) is 17.4 Å². The molecule has 2 aliphatic rings. The van der Waals surface area contributed by atoms with Crippen molar-refractivity contribution in [1.82, 2.24) is 15.0 Å². The second kappa shape index (κ2) is 5.62. The molecule has 1 saturated heterocycles. The molecule has 0 unspecified atom stereocenters. The lowest BCUT2D eigenvalue weighted by Crippen LogP contribution is -2.33. The summed E-state index contributed by atoms with van der Waals surface area (Å²) in [5.74, 6) is -2.74. The van der Waals surface area contributed by atoms with Crippen molar-refractivity contribution in [2.24, 2.45) is 0 Å². The summed E-state index contributed by atoms with van der Waals surface area (Å²) in [5.41, 5.74) is 0.634. The van der Waals surface area contributed by atoms with E-state index in [1.165, 1.54) is 24.3 Å². The summed E-state index contributed by atoms with van der Waals surface area (Å²) in [6, 6.07) is 6.88. The number of likely N-dealkylation sites (tertiary alicyclic amines) is 1. The van der Waals surface area contributed by atoms with Gasteiger partial charge in [0.1, 0.15) is 6.04 Å². The minimum absolute atomic E-state index is 0.0565. The van der Waals surface area contributed by atoms with Crippen molar-refractivity contribution in [3.05, 3.63) is 47.1 Å². The highest BCUT2D eigenvalue weighted by Crippen LogP contribution is 2.43. The number of nitriles is 1. The molecule has 1 aliphatic heterocycles. The first-order chi connectivity index (χ1) is 12.0. The van der Waals surface area contributed by atoms with Gasteiger partial charge in [0.05, 0.1) is 18.2 Å². The molecular formula is C17H14F2N4O2. The van der Waals surface area contributed by atoms with Gasteiger partial charge in [-0.3, -0.25) is 4.79 Å². The average Bonchev–Trinajstić information content (AvgIpc) is 3.25. The van der Waals surface area contributed by atoms with Crippen LogP contribution in [0.5, 0.6) is 0 Å². The van der Waals surface area contributed by atoms with Crippen LogP contribution in [0.25, 0.3) is 0 Å².